The predicted octanol–water partition coefficient (Wildman–Crippen LogP) is 2.12. The van der Waals surface area contributed by atoms with Crippen LogP contribution in [0.25, 0.3) is 10.9 Å². The Kier molecular flexibility index (Phi) is 1.71. The summed E-state index contributed by atoms with van der Waals surface area (Å²) in [4.78, 5) is 15.6. The van der Waals surface area contributed by atoms with Crippen molar-refractivity contribution in [2.75, 3.05) is 5.32 Å². The van der Waals surface area contributed by atoms with E-state index in [0.29, 0.717) is 6.42 Å². The average molecular weight is 198 g/mol. The van der Waals surface area contributed by atoms with Crippen molar-refractivity contribution in [3.05, 3.63) is 36.0 Å². The van der Waals surface area contributed by atoms with E-state index in [1.54, 1.807) is 6.20 Å². The number of amides is 1. The number of carbonyl (C=O) groups excluding carboxylic acids is 1. The number of carbonyl (C=O) groups is 1. The van der Waals surface area contributed by atoms with Crippen LogP contribution in [0, 0.1) is 0 Å². The number of fused-ring (bicyclic) bond motifs is 3. The van der Waals surface area contributed by atoms with Gasteiger partial charge < -0.3 is 5.32 Å². The second-order valence-corrected chi connectivity index (χ2v) is 3.72. The van der Waals surface area contributed by atoms with Gasteiger partial charge in [-0.15, -0.1) is 0 Å². The summed E-state index contributed by atoms with van der Waals surface area (Å²) < 4.78 is 0. The van der Waals surface area contributed by atoms with Crippen molar-refractivity contribution in [3.8, 4) is 0 Å². The van der Waals surface area contributed by atoms with Gasteiger partial charge in [0.15, 0.2) is 0 Å². The number of nitrogens with zero attached hydrogens (tertiary/aromatic N) is 1. The zero-order valence-electron chi connectivity index (χ0n) is 8.16. The molecule has 1 amide bonds. The lowest BCUT2D eigenvalue weighted by molar-refractivity contribution is -0.116. The van der Waals surface area contributed by atoms with Gasteiger partial charge in [-0.1, -0.05) is 18.2 Å². The number of nitrogens with one attached hydrogen (secondary N) is 1. The molecule has 1 aromatic heterocycles. The zero-order chi connectivity index (χ0) is 10.3. The topological polar surface area (TPSA) is 42.0 Å². The molecule has 1 aliphatic rings. The van der Waals surface area contributed by atoms with Crippen LogP contribution in [-0.4, -0.2) is 10.9 Å². The fourth-order valence-corrected chi connectivity index (χ4v) is 1.98. The zero-order valence-corrected chi connectivity index (χ0v) is 8.16. The molecule has 3 rings (SSSR count). The van der Waals surface area contributed by atoms with E-state index in [4.69, 9.17) is 0 Å². The standard InChI is InChI=1S/C12H10N2O/c15-10-6-5-9-4-3-8-2-1-7-13-11(8)12(9)14-10/h1-4,7H,5-6H2,(H,14,15). The van der Waals surface area contributed by atoms with Crippen LogP contribution in [0.3, 0.4) is 0 Å². The van der Waals surface area contributed by atoms with E-state index in [1.165, 1.54) is 5.56 Å². The summed E-state index contributed by atoms with van der Waals surface area (Å²) in [6, 6.07) is 8.03. The van der Waals surface area contributed by atoms with Crippen LogP contribution in [0.1, 0.15) is 12.0 Å². The Balaban J connectivity index is 2.32. The molecule has 0 spiro atoms. The van der Waals surface area contributed by atoms with Crippen molar-refractivity contribution >= 4 is 22.5 Å². The SMILES string of the molecule is O=C1CCc2ccc3cccnc3c2N1. The minimum atomic E-state index is 0.0839. The summed E-state index contributed by atoms with van der Waals surface area (Å²) in [6.45, 7) is 0. The fourth-order valence-electron chi connectivity index (χ4n) is 1.98. The maximum Gasteiger partial charge on any atom is 0.224 e. The van der Waals surface area contributed by atoms with Crippen molar-refractivity contribution in [3.63, 3.8) is 0 Å². The quantitative estimate of drug-likeness (QED) is 0.704. The first kappa shape index (κ1) is 8.41. The van der Waals surface area contributed by atoms with Gasteiger partial charge in [-0.3, -0.25) is 9.78 Å². The van der Waals surface area contributed by atoms with E-state index < -0.39 is 0 Å². The minimum Gasteiger partial charge on any atom is -0.324 e. The third-order valence-corrected chi connectivity index (χ3v) is 2.75. The summed E-state index contributed by atoms with van der Waals surface area (Å²) in [6.07, 6.45) is 3.14. The Hall–Kier alpha value is -1.90. The van der Waals surface area contributed by atoms with Gasteiger partial charge in [0.05, 0.1) is 11.2 Å². The normalized spacial score (nSPS) is 14.8. The summed E-state index contributed by atoms with van der Waals surface area (Å²) in [5, 5.41) is 3.97. The molecular formula is C12H10N2O. The van der Waals surface area contributed by atoms with E-state index in [2.05, 4.69) is 22.4 Å². The fraction of sp³-hybridized carbons (Fsp3) is 0.167. The van der Waals surface area contributed by atoms with Crippen LogP contribution in [0.15, 0.2) is 30.5 Å². The number of aromatic nitrogens is 1. The van der Waals surface area contributed by atoms with Crippen molar-refractivity contribution in [2.45, 2.75) is 12.8 Å². The van der Waals surface area contributed by atoms with Crippen LogP contribution in [-0.2, 0) is 11.2 Å². The Morgan fingerprint density at radius 3 is 3.07 bits per heavy atom. The molecule has 74 valence electrons. The van der Waals surface area contributed by atoms with E-state index >= 15 is 0 Å². The molecule has 1 aromatic carbocycles. The predicted molar refractivity (Wildman–Crippen MR) is 58.7 cm³/mol. The van der Waals surface area contributed by atoms with Crippen molar-refractivity contribution in [1.82, 2.24) is 4.98 Å². The maximum absolute atomic E-state index is 11.3. The first-order chi connectivity index (χ1) is 7.34. The molecule has 3 nitrogen and oxygen atoms in total. The molecule has 2 aromatic rings. The highest BCUT2D eigenvalue weighted by molar-refractivity contribution is 6.03. The lowest BCUT2D eigenvalue weighted by Crippen LogP contribution is -2.19. The molecule has 0 aliphatic carbocycles. The Morgan fingerprint density at radius 2 is 2.13 bits per heavy atom. The van der Waals surface area contributed by atoms with Crippen molar-refractivity contribution in [1.29, 1.82) is 0 Å². The highest BCUT2D eigenvalue weighted by Crippen LogP contribution is 2.29. The highest BCUT2D eigenvalue weighted by atomic mass is 16.1. The largest absolute Gasteiger partial charge is 0.324 e. The third-order valence-electron chi connectivity index (χ3n) is 2.75. The van der Waals surface area contributed by atoms with Crippen LogP contribution >= 0.6 is 0 Å². The number of anilines is 1. The van der Waals surface area contributed by atoms with Crippen LogP contribution in [0.5, 0.6) is 0 Å². The van der Waals surface area contributed by atoms with Crippen molar-refractivity contribution in [2.24, 2.45) is 0 Å². The molecule has 0 saturated heterocycles. The van der Waals surface area contributed by atoms with Gasteiger partial charge in [-0.25, -0.2) is 0 Å². The second kappa shape index (κ2) is 3.05. The van der Waals surface area contributed by atoms with Crippen molar-refractivity contribution < 1.29 is 4.79 Å². The summed E-state index contributed by atoms with van der Waals surface area (Å²) >= 11 is 0. The van der Waals surface area contributed by atoms with Gasteiger partial charge in [-0.05, 0) is 18.1 Å². The Bertz CT molecular complexity index is 548. The van der Waals surface area contributed by atoms with Gasteiger partial charge in [0, 0.05) is 18.0 Å². The number of hydrogen-bond acceptors (Lipinski definition) is 2. The Labute approximate surface area is 87.1 Å². The van der Waals surface area contributed by atoms with E-state index in [1.807, 2.05) is 12.1 Å². The van der Waals surface area contributed by atoms with E-state index in [0.717, 1.165) is 23.0 Å². The second-order valence-electron chi connectivity index (χ2n) is 3.72. The van der Waals surface area contributed by atoms with Gasteiger partial charge in [0.2, 0.25) is 5.91 Å². The first-order valence-electron chi connectivity index (χ1n) is 5.01. The van der Waals surface area contributed by atoms with E-state index in [9.17, 15) is 4.79 Å². The molecule has 2 heterocycles. The van der Waals surface area contributed by atoms with Crippen LogP contribution in [0.2, 0.25) is 0 Å². The molecule has 0 saturated carbocycles. The lowest BCUT2D eigenvalue weighted by atomic mass is 10.0. The number of benzene rings is 1. The van der Waals surface area contributed by atoms with Crippen LogP contribution < -0.4 is 5.32 Å². The van der Waals surface area contributed by atoms with Gasteiger partial charge in [0.1, 0.15) is 0 Å². The molecule has 3 heteroatoms. The number of hydrogen-bond donors (Lipinski definition) is 1. The third kappa shape index (κ3) is 1.28. The summed E-state index contributed by atoms with van der Waals surface area (Å²) in [7, 11) is 0. The highest BCUT2D eigenvalue weighted by Gasteiger charge is 2.17. The molecule has 0 bridgehead atoms. The molecule has 0 radical (unpaired) electrons. The van der Waals surface area contributed by atoms with Gasteiger partial charge in [-0.2, -0.15) is 0 Å². The van der Waals surface area contributed by atoms with E-state index in [-0.39, 0.29) is 5.91 Å². The summed E-state index contributed by atoms with van der Waals surface area (Å²) in [5.74, 6) is 0.0839. The van der Waals surface area contributed by atoms with Gasteiger partial charge in [0.25, 0.3) is 0 Å². The van der Waals surface area contributed by atoms with Crippen LogP contribution in [0.4, 0.5) is 5.69 Å². The molecule has 0 atom stereocenters. The maximum atomic E-state index is 11.3. The summed E-state index contributed by atoms with van der Waals surface area (Å²) in [5.41, 5.74) is 2.97. The molecule has 0 fully saturated rings. The number of rotatable bonds is 0. The minimum absolute atomic E-state index is 0.0839. The molecule has 0 unspecified atom stereocenters. The number of pyridine rings is 1. The molecule has 15 heavy (non-hydrogen) atoms. The first-order valence-corrected chi connectivity index (χ1v) is 5.01. The van der Waals surface area contributed by atoms with Gasteiger partial charge >= 0.3 is 0 Å². The Morgan fingerprint density at radius 1 is 1.20 bits per heavy atom. The molecule has 1 aliphatic heterocycles. The monoisotopic (exact) mass is 198 g/mol. The smallest absolute Gasteiger partial charge is 0.224 e. The molecular weight excluding hydrogens is 188 g/mol. The molecule has 1 N–H and O–H groups in total. The lowest BCUT2D eigenvalue weighted by Gasteiger charge is -2.17. The average Bonchev–Trinajstić information content (AvgIpc) is 2.29. The number of aryl methyl sites for hydroxylation is 1.